The molecule has 2 aromatic carbocycles. The van der Waals surface area contributed by atoms with Gasteiger partial charge < -0.3 is 14.6 Å². The van der Waals surface area contributed by atoms with E-state index in [-0.39, 0.29) is 31.3 Å². The van der Waals surface area contributed by atoms with Gasteiger partial charge in [0.15, 0.2) is 0 Å². The van der Waals surface area contributed by atoms with Gasteiger partial charge in [0.1, 0.15) is 12.6 Å². The molecule has 2 atom stereocenters. The van der Waals surface area contributed by atoms with Gasteiger partial charge in [-0.2, -0.15) is 0 Å². The Bertz CT molecular complexity index is 983. The zero-order valence-electron chi connectivity index (χ0n) is 19.5. The van der Waals surface area contributed by atoms with Gasteiger partial charge in [-0.1, -0.05) is 80.6 Å². The van der Waals surface area contributed by atoms with Crippen LogP contribution in [0.15, 0.2) is 48.5 Å². The molecule has 0 bridgehead atoms. The van der Waals surface area contributed by atoms with E-state index in [1.807, 2.05) is 24.3 Å². The first-order chi connectivity index (χ1) is 16.6. The first-order valence-corrected chi connectivity index (χ1v) is 12.6. The highest BCUT2D eigenvalue weighted by Gasteiger charge is 2.42. The third-order valence-electron chi connectivity index (χ3n) is 7.56. The molecule has 1 aliphatic heterocycles. The molecular formula is C28H33NO5. The van der Waals surface area contributed by atoms with E-state index in [0.717, 1.165) is 47.9 Å². The molecule has 1 N–H and O–H groups in total. The Hall–Kier alpha value is -2.86. The summed E-state index contributed by atoms with van der Waals surface area (Å²) >= 11 is 0. The van der Waals surface area contributed by atoms with Crippen LogP contribution in [-0.4, -0.2) is 53.5 Å². The van der Waals surface area contributed by atoms with Crippen LogP contribution in [0.2, 0.25) is 0 Å². The van der Waals surface area contributed by atoms with Crippen LogP contribution >= 0.6 is 0 Å². The van der Waals surface area contributed by atoms with Crippen molar-refractivity contribution in [1.29, 1.82) is 0 Å². The molecule has 0 unspecified atom stereocenters. The van der Waals surface area contributed by atoms with Crippen LogP contribution in [0, 0.1) is 0 Å². The van der Waals surface area contributed by atoms with E-state index in [1.54, 1.807) is 0 Å². The fourth-order valence-corrected chi connectivity index (χ4v) is 5.84. The Labute approximate surface area is 200 Å². The molecule has 34 heavy (non-hydrogen) atoms. The van der Waals surface area contributed by atoms with Crippen molar-refractivity contribution in [3.8, 4) is 11.1 Å². The maximum Gasteiger partial charge on any atom is 0.410 e. The number of fused-ring (bicyclic) bond motifs is 3. The molecule has 0 spiro atoms. The van der Waals surface area contributed by atoms with Gasteiger partial charge in [0.2, 0.25) is 0 Å². The fourth-order valence-electron chi connectivity index (χ4n) is 5.84. The number of benzene rings is 2. The van der Waals surface area contributed by atoms with Gasteiger partial charge in [-0.3, -0.25) is 4.90 Å². The number of nitrogens with zero attached hydrogens (tertiary/aromatic N) is 1. The van der Waals surface area contributed by atoms with Crippen LogP contribution in [0.25, 0.3) is 11.1 Å². The molecule has 6 heteroatoms. The molecule has 1 amide bonds. The number of likely N-dealkylation sites (tertiary alicyclic amines) is 1. The summed E-state index contributed by atoms with van der Waals surface area (Å²) in [6.45, 7) is 0.452. The van der Waals surface area contributed by atoms with Crippen molar-refractivity contribution >= 4 is 12.1 Å². The summed E-state index contributed by atoms with van der Waals surface area (Å²) in [6.07, 6.45) is 7.71. The van der Waals surface area contributed by atoms with E-state index in [4.69, 9.17) is 9.47 Å². The lowest BCUT2D eigenvalue weighted by Crippen LogP contribution is -2.41. The number of ether oxygens (including phenoxy) is 2. The molecular weight excluding hydrogens is 430 g/mol. The van der Waals surface area contributed by atoms with Gasteiger partial charge in [0.05, 0.1) is 18.8 Å². The standard InChI is InChI=1S/C28H33NO5/c30-27(31)26-16-20(34-19-10-4-2-1-3-5-11-19)17-29(26)28(32)33-18-25-23-14-8-6-12-21(23)22-13-7-9-15-24(22)25/h6-9,12-15,19-20,25-26H,1-5,10-11,16-18H2,(H,30,31)/t20-,26+/m1/s1. The SMILES string of the molecule is O=C(O)[C@@H]1C[C@@H](OC2CCCCCCC2)CN1C(=O)OCC1c2ccccc2-c2ccccc21. The van der Waals surface area contributed by atoms with Gasteiger partial charge in [-0.25, -0.2) is 9.59 Å². The third kappa shape index (κ3) is 4.69. The van der Waals surface area contributed by atoms with E-state index >= 15 is 0 Å². The number of hydrogen-bond acceptors (Lipinski definition) is 4. The van der Waals surface area contributed by atoms with Crippen molar-refractivity contribution in [2.75, 3.05) is 13.2 Å². The Kier molecular flexibility index (Phi) is 6.86. The predicted molar refractivity (Wildman–Crippen MR) is 129 cm³/mol. The Morgan fingerprint density at radius 3 is 2.06 bits per heavy atom. The number of hydrogen-bond donors (Lipinski definition) is 1. The second kappa shape index (κ2) is 10.2. The van der Waals surface area contributed by atoms with Gasteiger partial charge in [0.25, 0.3) is 0 Å². The summed E-state index contributed by atoms with van der Waals surface area (Å²) in [6, 6.07) is 15.4. The molecule has 2 aliphatic carbocycles. The van der Waals surface area contributed by atoms with Crippen LogP contribution in [-0.2, 0) is 14.3 Å². The number of amides is 1. The lowest BCUT2D eigenvalue weighted by Gasteiger charge is -2.24. The average molecular weight is 464 g/mol. The van der Waals surface area contributed by atoms with Crippen molar-refractivity contribution in [2.24, 2.45) is 0 Å². The molecule has 1 saturated carbocycles. The zero-order valence-corrected chi connectivity index (χ0v) is 19.5. The summed E-state index contributed by atoms with van der Waals surface area (Å²) in [5.41, 5.74) is 4.60. The topological polar surface area (TPSA) is 76.1 Å². The van der Waals surface area contributed by atoms with Crippen molar-refractivity contribution in [2.45, 2.75) is 75.5 Å². The number of carboxylic acids is 1. The first kappa shape index (κ1) is 22.9. The highest BCUT2D eigenvalue weighted by molar-refractivity contribution is 5.81. The second-order valence-corrected chi connectivity index (χ2v) is 9.77. The summed E-state index contributed by atoms with van der Waals surface area (Å²) in [5, 5.41) is 9.77. The molecule has 1 heterocycles. The Morgan fingerprint density at radius 1 is 0.853 bits per heavy atom. The molecule has 2 aromatic rings. The number of aliphatic carboxylic acids is 1. The molecule has 5 rings (SSSR count). The zero-order chi connectivity index (χ0) is 23.5. The summed E-state index contributed by atoms with van der Waals surface area (Å²) in [7, 11) is 0. The number of rotatable bonds is 5. The van der Waals surface area contributed by atoms with Crippen molar-refractivity contribution in [3.63, 3.8) is 0 Å². The lowest BCUT2D eigenvalue weighted by atomic mass is 9.98. The molecule has 180 valence electrons. The average Bonchev–Trinajstić information content (AvgIpc) is 3.39. The van der Waals surface area contributed by atoms with Crippen molar-refractivity contribution in [3.05, 3.63) is 59.7 Å². The molecule has 6 nitrogen and oxygen atoms in total. The van der Waals surface area contributed by atoms with E-state index < -0.39 is 18.1 Å². The van der Waals surface area contributed by atoms with E-state index in [1.165, 1.54) is 24.2 Å². The van der Waals surface area contributed by atoms with Crippen molar-refractivity contribution < 1.29 is 24.2 Å². The van der Waals surface area contributed by atoms with Gasteiger partial charge >= 0.3 is 12.1 Å². The number of carbonyl (C=O) groups excluding carboxylic acids is 1. The van der Waals surface area contributed by atoms with Gasteiger partial charge in [0, 0.05) is 12.3 Å². The highest BCUT2D eigenvalue weighted by Crippen LogP contribution is 2.44. The predicted octanol–water partition coefficient (Wildman–Crippen LogP) is 5.59. The number of carboxylic acid groups (broad SMARTS) is 1. The molecule has 1 saturated heterocycles. The minimum Gasteiger partial charge on any atom is -0.480 e. The van der Waals surface area contributed by atoms with Crippen LogP contribution in [0.5, 0.6) is 0 Å². The van der Waals surface area contributed by atoms with Gasteiger partial charge in [-0.05, 0) is 35.1 Å². The summed E-state index contributed by atoms with van der Waals surface area (Å²) in [5.74, 6) is -1.05. The van der Waals surface area contributed by atoms with Crippen LogP contribution in [0.1, 0.15) is 68.4 Å². The normalized spacial score (nSPS) is 23.1. The first-order valence-electron chi connectivity index (χ1n) is 12.6. The van der Waals surface area contributed by atoms with E-state index in [2.05, 4.69) is 24.3 Å². The van der Waals surface area contributed by atoms with Crippen LogP contribution < -0.4 is 0 Å². The van der Waals surface area contributed by atoms with Crippen LogP contribution in [0.3, 0.4) is 0 Å². The molecule has 2 fully saturated rings. The van der Waals surface area contributed by atoms with Crippen molar-refractivity contribution in [1.82, 2.24) is 4.90 Å². The smallest absolute Gasteiger partial charge is 0.410 e. The largest absolute Gasteiger partial charge is 0.480 e. The maximum absolute atomic E-state index is 13.1. The molecule has 0 radical (unpaired) electrons. The summed E-state index contributed by atoms with van der Waals surface area (Å²) in [4.78, 5) is 26.4. The maximum atomic E-state index is 13.1. The fraction of sp³-hybridized carbons (Fsp3) is 0.500. The van der Waals surface area contributed by atoms with Crippen LogP contribution in [0.4, 0.5) is 4.79 Å². The molecule has 0 aromatic heterocycles. The minimum atomic E-state index is -1.00. The Balaban J connectivity index is 1.24. The quantitative estimate of drug-likeness (QED) is 0.625. The third-order valence-corrected chi connectivity index (χ3v) is 7.56. The molecule has 3 aliphatic rings. The van der Waals surface area contributed by atoms with E-state index in [0.29, 0.717) is 6.42 Å². The van der Waals surface area contributed by atoms with E-state index in [9.17, 15) is 14.7 Å². The monoisotopic (exact) mass is 463 g/mol. The van der Waals surface area contributed by atoms with Gasteiger partial charge in [-0.15, -0.1) is 0 Å². The lowest BCUT2D eigenvalue weighted by molar-refractivity contribution is -0.141. The second-order valence-electron chi connectivity index (χ2n) is 9.77. The highest BCUT2D eigenvalue weighted by atomic mass is 16.6. The minimum absolute atomic E-state index is 0.0517. The summed E-state index contributed by atoms with van der Waals surface area (Å²) < 4.78 is 12.1. The number of carbonyl (C=O) groups is 2. The Morgan fingerprint density at radius 2 is 1.44 bits per heavy atom.